The SMILES string of the molecule is COc1cc(Br)cc([C@H]2C3=CC[C@@H]4C(=O)N(c5cc([N+](=O)[O-])c(N(C)C)c([N+](=O)[O-])c5)C(=O)[C@@H]4[C@@H]3C[C@H]3C(=O)N(Nc4ncc(C(F)(F)F)cc4Cl)C(=O)[C@@]23c2ccc(Cl)cc2)c1O. The van der Waals surface area contributed by atoms with Gasteiger partial charge in [0.2, 0.25) is 11.8 Å². The Morgan fingerprint density at radius 3 is 2.17 bits per heavy atom. The molecule has 6 atom stereocenters. The lowest BCUT2D eigenvalue weighted by Crippen LogP contribution is -2.53. The number of imide groups is 2. The number of allylic oxidation sites excluding steroid dienone is 2. The molecule has 2 aliphatic carbocycles. The predicted octanol–water partition coefficient (Wildman–Crippen LogP) is 7.96. The highest BCUT2D eigenvalue weighted by Gasteiger charge is 2.71. The number of nitrogens with zero attached hydrogens (tertiary/aromatic N) is 6. The van der Waals surface area contributed by atoms with Crippen molar-refractivity contribution in [3.8, 4) is 11.5 Å². The van der Waals surface area contributed by atoms with E-state index in [1.54, 1.807) is 6.08 Å². The third-order valence-corrected chi connectivity index (χ3v) is 13.3. The summed E-state index contributed by atoms with van der Waals surface area (Å²) in [4.78, 5) is 88.2. The van der Waals surface area contributed by atoms with Gasteiger partial charge in [0, 0.05) is 53.4 Å². The van der Waals surface area contributed by atoms with Crippen molar-refractivity contribution in [2.24, 2.45) is 23.7 Å². The maximum atomic E-state index is 15.5. The Morgan fingerprint density at radius 1 is 0.969 bits per heavy atom. The molecule has 4 aliphatic rings. The van der Waals surface area contributed by atoms with Crippen LogP contribution in [0, 0.1) is 43.9 Å². The van der Waals surface area contributed by atoms with Gasteiger partial charge in [-0.05, 0) is 54.7 Å². The standard InChI is InChI=1S/C41H31BrCl2F3N7O10/c1-50(2)33-28(53(60)61)13-21(14-29(33)54(62)63)51-36(56)23-9-8-22-24(31(23)38(51)58)15-26-37(57)52(49-35-27(44)10-18(16-48-35)41(45,46)47)39(59)40(26,17-4-6-20(43)7-5-17)32(22)25-11-19(42)12-30(64-3)34(25)55/h4-8,10-14,16,23-24,26,31-32,55H,9,15H2,1-3H3,(H,48,49)/t23-,24+,26-,31-,32+,40+/m0/s1. The Hall–Kier alpha value is -6.32. The fraction of sp³-hybridized carbons (Fsp3) is 0.293. The van der Waals surface area contributed by atoms with Gasteiger partial charge in [-0.2, -0.15) is 18.2 Å². The molecule has 2 N–H and O–H groups in total. The lowest BCUT2D eigenvalue weighted by atomic mass is 9.49. The van der Waals surface area contributed by atoms with Crippen molar-refractivity contribution in [2.75, 3.05) is 36.4 Å². The second-order valence-electron chi connectivity index (χ2n) is 15.7. The molecule has 0 unspecified atom stereocenters. The van der Waals surface area contributed by atoms with Gasteiger partial charge in [-0.3, -0.25) is 44.8 Å². The van der Waals surface area contributed by atoms with E-state index in [1.165, 1.54) is 57.6 Å². The third-order valence-electron chi connectivity index (χ3n) is 12.3. The van der Waals surface area contributed by atoms with Gasteiger partial charge >= 0.3 is 17.6 Å². The van der Waals surface area contributed by atoms with Crippen molar-refractivity contribution >= 4 is 91.3 Å². The summed E-state index contributed by atoms with van der Waals surface area (Å²) in [6.07, 6.45) is -3.22. The first-order chi connectivity index (χ1) is 30.1. The van der Waals surface area contributed by atoms with Crippen LogP contribution in [0.3, 0.4) is 0 Å². The van der Waals surface area contributed by atoms with Crippen molar-refractivity contribution in [1.29, 1.82) is 0 Å². The number of rotatable bonds is 9. The number of nitrogens with one attached hydrogen (secondary N) is 1. The maximum absolute atomic E-state index is 15.5. The molecule has 2 saturated heterocycles. The number of hydrazine groups is 1. The smallest absolute Gasteiger partial charge is 0.417 e. The van der Waals surface area contributed by atoms with E-state index >= 15 is 9.59 Å². The Kier molecular flexibility index (Phi) is 10.9. The number of aromatic nitrogens is 1. The maximum Gasteiger partial charge on any atom is 0.417 e. The lowest BCUT2D eigenvalue weighted by Gasteiger charge is -2.50. The van der Waals surface area contributed by atoms with Crippen LogP contribution in [0.15, 0.2) is 76.9 Å². The molecule has 8 rings (SSSR count). The monoisotopic (exact) mass is 987 g/mol. The summed E-state index contributed by atoms with van der Waals surface area (Å²) < 4.78 is 46.6. The molecule has 64 heavy (non-hydrogen) atoms. The number of nitro groups is 2. The molecule has 0 bridgehead atoms. The zero-order valence-corrected chi connectivity index (χ0v) is 36.3. The van der Waals surface area contributed by atoms with Gasteiger partial charge in [0.1, 0.15) is 0 Å². The van der Waals surface area contributed by atoms with Crippen molar-refractivity contribution < 1.29 is 52.0 Å². The highest BCUT2D eigenvalue weighted by atomic mass is 79.9. The molecule has 23 heteroatoms. The molecule has 17 nitrogen and oxygen atoms in total. The molecular formula is C41H31BrCl2F3N7O10. The molecule has 0 spiro atoms. The van der Waals surface area contributed by atoms with Crippen LogP contribution in [-0.4, -0.2) is 69.8 Å². The second kappa shape index (κ2) is 15.7. The average Bonchev–Trinajstić information content (AvgIpc) is 3.61. The van der Waals surface area contributed by atoms with E-state index in [2.05, 4.69) is 26.3 Å². The molecule has 2 aliphatic heterocycles. The Bertz CT molecular complexity index is 2740. The summed E-state index contributed by atoms with van der Waals surface area (Å²) in [7, 11) is 3.99. The molecule has 3 fully saturated rings. The van der Waals surface area contributed by atoms with Gasteiger partial charge in [0.05, 0.1) is 56.4 Å². The van der Waals surface area contributed by atoms with Crippen LogP contribution in [0.25, 0.3) is 0 Å². The summed E-state index contributed by atoms with van der Waals surface area (Å²) in [6.45, 7) is 0. The number of amides is 4. The number of pyridine rings is 1. The Labute approximate surface area is 377 Å². The van der Waals surface area contributed by atoms with E-state index in [1.807, 2.05) is 0 Å². The number of benzene rings is 3. The van der Waals surface area contributed by atoms with E-state index in [0.29, 0.717) is 32.2 Å². The van der Waals surface area contributed by atoms with Gasteiger partial charge in [-0.1, -0.05) is 62.9 Å². The molecule has 4 aromatic rings. The minimum atomic E-state index is -4.84. The van der Waals surface area contributed by atoms with Crippen LogP contribution in [0.5, 0.6) is 11.5 Å². The fourth-order valence-corrected chi connectivity index (χ4v) is 10.6. The quantitative estimate of drug-likeness (QED) is 0.0705. The lowest BCUT2D eigenvalue weighted by molar-refractivity contribution is -0.392. The van der Waals surface area contributed by atoms with Crippen LogP contribution < -0.4 is 20.0 Å². The summed E-state index contributed by atoms with van der Waals surface area (Å²) in [5.74, 6) is -11.0. The molecule has 0 radical (unpaired) electrons. The zero-order chi connectivity index (χ0) is 46.5. The summed E-state index contributed by atoms with van der Waals surface area (Å²) >= 11 is 16.0. The predicted molar refractivity (Wildman–Crippen MR) is 226 cm³/mol. The normalized spacial score (nSPS) is 24.0. The van der Waals surface area contributed by atoms with Crippen molar-refractivity contribution in [1.82, 2.24) is 9.99 Å². The first-order valence-corrected chi connectivity index (χ1v) is 20.6. The van der Waals surface area contributed by atoms with E-state index in [9.17, 15) is 48.1 Å². The van der Waals surface area contributed by atoms with E-state index < -0.39 is 114 Å². The molecule has 1 saturated carbocycles. The number of hydrogen-bond acceptors (Lipinski definition) is 13. The number of nitro benzene ring substituents is 2. The van der Waals surface area contributed by atoms with Crippen molar-refractivity contribution in [3.05, 3.63) is 124 Å². The van der Waals surface area contributed by atoms with E-state index in [0.717, 1.165) is 17.0 Å². The van der Waals surface area contributed by atoms with Crippen LogP contribution in [-0.2, 0) is 30.8 Å². The van der Waals surface area contributed by atoms with Gasteiger partial charge in [0.25, 0.3) is 11.8 Å². The molecule has 332 valence electrons. The first kappa shape index (κ1) is 44.3. The second-order valence-corrected chi connectivity index (χ2v) is 17.5. The minimum absolute atomic E-state index is 0.0356. The van der Waals surface area contributed by atoms with E-state index in [-0.39, 0.29) is 40.4 Å². The summed E-state index contributed by atoms with van der Waals surface area (Å²) in [6, 6.07) is 11.2. The summed E-state index contributed by atoms with van der Waals surface area (Å²) in [5, 5.41) is 36.7. The number of phenolic OH excluding ortho intramolecular Hbond substituents is 1. The molecule has 3 heterocycles. The van der Waals surface area contributed by atoms with Crippen LogP contribution in [0.2, 0.25) is 10.0 Å². The number of carbonyl (C=O) groups excluding carboxylic acids is 4. The number of ether oxygens (including phenoxy) is 1. The van der Waals surface area contributed by atoms with Crippen molar-refractivity contribution in [3.63, 3.8) is 0 Å². The molecular weight excluding hydrogens is 958 g/mol. The van der Waals surface area contributed by atoms with Gasteiger partial charge < -0.3 is 14.7 Å². The van der Waals surface area contributed by atoms with E-state index in [4.69, 9.17) is 27.9 Å². The Balaban J connectivity index is 1.33. The van der Waals surface area contributed by atoms with Gasteiger partial charge in [-0.25, -0.2) is 9.88 Å². The minimum Gasteiger partial charge on any atom is -0.504 e. The third kappa shape index (κ3) is 6.70. The van der Waals surface area contributed by atoms with Crippen LogP contribution in [0.1, 0.15) is 35.4 Å². The number of carbonyl (C=O) groups is 4. The zero-order valence-electron chi connectivity index (χ0n) is 33.2. The number of fused-ring (bicyclic) bond motifs is 4. The van der Waals surface area contributed by atoms with Gasteiger partial charge in [0.15, 0.2) is 23.0 Å². The highest BCUT2D eigenvalue weighted by molar-refractivity contribution is 9.10. The molecule has 1 aromatic heterocycles. The number of phenols is 1. The number of hydrogen-bond donors (Lipinski definition) is 2. The average molecular weight is 990 g/mol. The Morgan fingerprint density at radius 2 is 1.61 bits per heavy atom. The number of aromatic hydroxyl groups is 1. The summed E-state index contributed by atoms with van der Waals surface area (Å²) in [5.41, 5.74) is -2.46. The number of alkyl halides is 3. The highest BCUT2D eigenvalue weighted by Crippen LogP contribution is 2.66. The molecule has 3 aromatic carbocycles. The van der Waals surface area contributed by atoms with Gasteiger partial charge in [-0.15, -0.1) is 0 Å². The fourth-order valence-electron chi connectivity index (χ4n) is 9.81. The molecule has 4 amide bonds. The van der Waals surface area contributed by atoms with Crippen LogP contribution >= 0.6 is 39.1 Å². The number of halogens is 6. The first-order valence-electron chi connectivity index (χ1n) is 19.0. The topological polar surface area (TPSA) is 219 Å². The number of anilines is 3. The van der Waals surface area contributed by atoms with Crippen LogP contribution in [0.4, 0.5) is 41.7 Å². The largest absolute Gasteiger partial charge is 0.504 e. The number of methoxy groups -OCH3 is 1. The van der Waals surface area contributed by atoms with Crippen molar-refractivity contribution in [2.45, 2.75) is 30.4 Å².